The first-order chi connectivity index (χ1) is 16.8. The Kier molecular flexibility index (Phi) is 17.1. The fraction of sp³-hybridized carbons (Fsp3) is 0.704. The van der Waals surface area contributed by atoms with Crippen molar-refractivity contribution in [2.24, 2.45) is 0 Å². The first-order valence-electron chi connectivity index (χ1n) is 13.2. The Balaban J connectivity index is 2.17. The van der Waals surface area contributed by atoms with Gasteiger partial charge in [0.1, 0.15) is 0 Å². The van der Waals surface area contributed by atoms with Crippen LogP contribution in [0.5, 0.6) is 0 Å². The van der Waals surface area contributed by atoms with Crippen LogP contribution in [0.1, 0.15) is 124 Å². The van der Waals surface area contributed by atoms with E-state index in [1.165, 1.54) is 76.3 Å². The van der Waals surface area contributed by atoms with E-state index in [-0.39, 0.29) is 36.3 Å². The third-order valence-electron chi connectivity index (χ3n) is 5.88. The Morgan fingerprint density at radius 3 is 1.43 bits per heavy atom. The van der Waals surface area contributed by atoms with Crippen molar-refractivity contribution in [3.8, 4) is 0 Å². The van der Waals surface area contributed by atoms with E-state index in [0.717, 1.165) is 19.3 Å². The summed E-state index contributed by atoms with van der Waals surface area (Å²) >= 11 is 0. The van der Waals surface area contributed by atoms with Gasteiger partial charge >= 0.3 is 11.9 Å². The average molecular weight is 513 g/mol. The van der Waals surface area contributed by atoms with Gasteiger partial charge in [-0.05, 0) is 31.4 Å². The summed E-state index contributed by atoms with van der Waals surface area (Å²) in [5.74, 6) is -1.60. The van der Waals surface area contributed by atoms with E-state index >= 15 is 0 Å². The summed E-state index contributed by atoms with van der Waals surface area (Å²) in [5, 5.41) is 0. The molecule has 7 nitrogen and oxygen atoms in total. The lowest BCUT2D eigenvalue weighted by Crippen LogP contribution is -2.15. The molecule has 0 spiro atoms. The molecule has 1 N–H and O–H groups in total. The topological polar surface area (TPSA) is 107 Å². The number of unbranched alkanes of at least 4 members (excludes halogenated alkanes) is 13. The molecule has 0 bridgehead atoms. The maximum Gasteiger partial charge on any atom is 0.339 e. The molecule has 0 aromatic heterocycles. The van der Waals surface area contributed by atoms with Crippen molar-refractivity contribution < 1.29 is 32.0 Å². The second-order valence-electron chi connectivity index (χ2n) is 9.05. The molecule has 8 heteroatoms. The molecule has 0 amide bonds. The van der Waals surface area contributed by atoms with Crippen LogP contribution in [0.3, 0.4) is 0 Å². The third kappa shape index (κ3) is 16.4. The predicted molar refractivity (Wildman–Crippen MR) is 138 cm³/mol. The van der Waals surface area contributed by atoms with Gasteiger partial charge < -0.3 is 9.47 Å². The minimum absolute atomic E-state index is 0.00328. The number of ether oxygens (including phenoxy) is 2. The van der Waals surface area contributed by atoms with Crippen molar-refractivity contribution in [1.82, 2.24) is 0 Å². The Morgan fingerprint density at radius 1 is 0.657 bits per heavy atom. The fourth-order valence-corrected chi connectivity index (χ4v) is 4.40. The van der Waals surface area contributed by atoms with E-state index in [1.807, 2.05) is 0 Å². The number of hydrogen-bond acceptors (Lipinski definition) is 6. The summed E-state index contributed by atoms with van der Waals surface area (Å²) in [6, 6.07) is 6.33. The van der Waals surface area contributed by atoms with Crippen LogP contribution in [-0.2, 0) is 19.6 Å². The first-order valence-corrected chi connectivity index (χ1v) is 14.8. The highest BCUT2D eigenvalue weighted by atomic mass is 32.2. The molecule has 35 heavy (non-hydrogen) atoms. The van der Waals surface area contributed by atoms with Crippen molar-refractivity contribution in [1.29, 1.82) is 0 Å². The summed E-state index contributed by atoms with van der Waals surface area (Å²) in [5.41, 5.74) is 0.280. The van der Waals surface area contributed by atoms with Crippen molar-refractivity contribution in [2.75, 3.05) is 19.0 Å². The van der Waals surface area contributed by atoms with Crippen molar-refractivity contribution >= 4 is 22.1 Å². The Hall–Kier alpha value is -1.93. The van der Waals surface area contributed by atoms with Gasteiger partial charge in [-0.3, -0.25) is 4.55 Å². The molecule has 0 heterocycles. The van der Waals surface area contributed by atoms with Crippen LogP contribution in [0.2, 0.25) is 0 Å². The number of esters is 2. The van der Waals surface area contributed by atoms with E-state index in [9.17, 15) is 18.0 Å². The Bertz CT molecular complexity index is 821. The molecule has 1 aromatic rings. The number of carbonyl (C=O) groups is 2. The van der Waals surface area contributed by atoms with Gasteiger partial charge in [0, 0.05) is 0 Å². The van der Waals surface area contributed by atoms with E-state index in [1.54, 1.807) is 12.1 Å². The Morgan fingerprint density at radius 2 is 1.03 bits per heavy atom. The molecule has 0 aliphatic rings. The molecule has 1 aromatic carbocycles. The van der Waals surface area contributed by atoms with Gasteiger partial charge in [-0.1, -0.05) is 96.1 Å². The van der Waals surface area contributed by atoms with E-state index < -0.39 is 22.1 Å². The summed E-state index contributed by atoms with van der Waals surface area (Å²) < 4.78 is 40.6. The lowest BCUT2D eigenvalue weighted by atomic mass is 10.0. The molecule has 0 radical (unpaired) electrons. The van der Waals surface area contributed by atoms with E-state index in [4.69, 9.17) is 14.0 Å². The highest BCUT2D eigenvalue weighted by Crippen LogP contribution is 2.15. The zero-order valence-electron chi connectivity index (χ0n) is 21.3. The average Bonchev–Trinajstić information content (AvgIpc) is 2.83. The summed E-state index contributed by atoms with van der Waals surface area (Å²) in [6.45, 7) is 2.56. The molecule has 1 rings (SSSR count). The summed E-state index contributed by atoms with van der Waals surface area (Å²) in [4.78, 5) is 24.8. The number of benzene rings is 1. The molecule has 0 saturated heterocycles. The lowest BCUT2D eigenvalue weighted by Gasteiger charge is -2.10. The molecule has 0 unspecified atom stereocenters. The zero-order valence-corrected chi connectivity index (χ0v) is 22.2. The Labute approximate surface area is 211 Å². The highest BCUT2D eigenvalue weighted by Gasteiger charge is 2.19. The quantitative estimate of drug-likeness (QED) is 0.110. The fourth-order valence-electron chi connectivity index (χ4n) is 3.83. The maximum atomic E-state index is 12.5. The standard InChI is InChI=1S/C27H44O7S/c1-2-3-4-5-6-7-8-9-10-11-12-13-16-21-33-26(28)24-19-14-15-20-25(24)27(29)34-22-17-18-23-35(30,31)32/h14-15,19-20H,2-13,16-18,21-23H2,1H3,(H,30,31,32). The zero-order chi connectivity index (χ0) is 25.8. The maximum absolute atomic E-state index is 12.5. The van der Waals surface area contributed by atoms with Crippen molar-refractivity contribution in [2.45, 2.75) is 103 Å². The normalized spacial score (nSPS) is 11.4. The molecule has 0 atom stereocenters. The van der Waals surface area contributed by atoms with Crippen LogP contribution >= 0.6 is 0 Å². The third-order valence-corrected chi connectivity index (χ3v) is 6.68. The molecule has 0 saturated carbocycles. The van der Waals surface area contributed by atoms with Crippen LogP contribution in [0.4, 0.5) is 0 Å². The van der Waals surface area contributed by atoms with Gasteiger partial charge in [-0.15, -0.1) is 0 Å². The van der Waals surface area contributed by atoms with E-state index in [0.29, 0.717) is 6.61 Å². The minimum atomic E-state index is -4.02. The monoisotopic (exact) mass is 512 g/mol. The minimum Gasteiger partial charge on any atom is -0.462 e. The van der Waals surface area contributed by atoms with Crippen LogP contribution in [-0.4, -0.2) is 43.9 Å². The summed E-state index contributed by atoms with van der Waals surface area (Å²) in [7, 11) is -4.02. The SMILES string of the molecule is CCCCCCCCCCCCCCCOC(=O)c1ccccc1C(=O)OCCCCS(=O)(=O)O. The van der Waals surface area contributed by atoms with Crippen molar-refractivity contribution in [3.05, 3.63) is 35.4 Å². The van der Waals surface area contributed by atoms with Crippen LogP contribution in [0.15, 0.2) is 24.3 Å². The largest absolute Gasteiger partial charge is 0.462 e. The first kappa shape index (κ1) is 31.1. The molecule has 200 valence electrons. The number of rotatable bonds is 21. The van der Waals surface area contributed by atoms with E-state index in [2.05, 4.69) is 6.92 Å². The van der Waals surface area contributed by atoms with Gasteiger partial charge in [0.2, 0.25) is 0 Å². The van der Waals surface area contributed by atoms with Crippen LogP contribution in [0.25, 0.3) is 0 Å². The molecule has 0 aliphatic heterocycles. The number of carbonyl (C=O) groups excluding carboxylic acids is 2. The lowest BCUT2D eigenvalue weighted by molar-refractivity contribution is 0.0451. The van der Waals surface area contributed by atoms with Crippen LogP contribution < -0.4 is 0 Å². The second kappa shape index (κ2) is 19.3. The highest BCUT2D eigenvalue weighted by molar-refractivity contribution is 7.85. The molecular formula is C27H44O7S. The summed E-state index contributed by atoms with van der Waals surface area (Å²) in [6.07, 6.45) is 16.6. The van der Waals surface area contributed by atoms with Crippen LogP contribution in [0, 0.1) is 0 Å². The van der Waals surface area contributed by atoms with Gasteiger partial charge in [0.15, 0.2) is 0 Å². The predicted octanol–water partition coefficient (Wildman–Crippen LogP) is 6.76. The molecule has 0 aliphatic carbocycles. The molecular weight excluding hydrogens is 468 g/mol. The van der Waals surface area contributed by atoms with Crippen molar-refractivity contribution in [3.63, 3.8) is 0 Å². The van der Waals surface area contributed by atoms with Gasteiger partial charge in [0.25, 0.3) is 10.1 Å². The smallest absolute Gasteiger partial charge is 0.339 e. The molecule has 0 fully saturated rings. The number of hydrogen-bond donors (Lipinski definition) is 1. The van der Waals surface area contributed by atoms with Gasteiger partial charge in [0.05, 0.1) is 30.1 Å². The van der Waals surface area contributed by atoms with Gasteiger partial charge in [-0.2, -0.15) is 8.42 Å². The second-order valence-corrected chi connectivity index (χ2v) is 10.6. The van der Waals surface area contributed by atoms with Gasteiger partial charge in [-0.25, -0.2) is 9.59 Å².